The van der Waals surface area contributed by atoms with Crippen LogP contribution in [0.2, 0.25) is 0 Å². The van der Waals surface area contributed by atoms with Crippen LogP contribution in [0.4, 0.5) is 5.69 Å². The van der Waals surface area contributed by atoms with Gasteiger partial charge in [-0.3, -0.25) is 14.9 Å². The first-order chi connectivity index (χ1) is 13.8. The van der Waals surface area contributed by atoms with Gasteiger partial charge in [-0.25, -0.2) is 4.79 Å². The van der Waals surface area contributed by atoms with Gasteiger partial charge < -0.3 is 14.8 Å². The molecule has 1 saturated heterocycles. The second-order valence-electron chi connectivity index (χ2n) is 6.68. The predicted octanol–water partition coefficient (Wildman–Crippen LogP) is 3.58. The molecule has 9 heteroatoms. The minimum atomic E-state index is -0.754. The summed E-state index contributed by atoms with van der Waals surface area (Å²) < 4.78 is 11.0. The van der Waals surface area contributed by atoms with Crippen molar-refractivity contribution in [2.45, 2.75) is 18.4 Å². The number of hydrogen-bond acceptors (Lipinski definition) is 6. The van der Waals surface area contributed by atoms with Crippen LogP contribution in [0.1, 0.15) is 39.1 Å². The number of benzene rings is 2. The highest BCUT2D eigenvalue weighted by atomic mass is 79.9. The molecule has 8 nitrogen and oxygen atoms in total. The molecule has 0 atom stereocenters. The monoisotopic (exact) mass is 462 g/mol. The number of nitrogens with one attached hydrogen (secondary N) is 1. The van der Waals surface area contributed by atoms with Crippen molar-refractivity contribution in [2.24, 2.45) is 0 Å². The van der Waals surface area contributed by atoms with Gasteiger partial charge >= 0.3 is 5.97 Å². The summed E-state index contributed by atoms with van der Waals surface area (Å²) in [7, 11) is 1.17. The predicted molar refractivity (Wildman–Crippen MR) is 108 cm³/mol. The van der Waals surface area contributed by atoms with Crippen LogP contribution in [0, 0.1) is 10.1 Å². The number of non-ortho nitro benzene ring substituents is 1. The number of hydrogen-bond donors (Lipinski definition) is 1. The van der Waals surface area contributed by atoms with Crippen molar-refractivity contribution in [1.82, 2.24) is 5.32 Å². The first-order valence-electron chi connectivity index (χ1n) is 8.89. The van der Waals surface area contributed by atoms with Crippen LogP contribution in [0.25, 0.3) is 0 Å². The van der Waals surface area contributed by atoms with E-state index in [4.69, 9.17) is 4.74 Å². The number of amides is 1. The van der Waals surface area contributed by atoms with E-state index in [1.807, 2.05) is 24.3 Å². The van der Waals surface area contributed by atoms with Gasteiger partial charge in [-0.15, -0.1) is 0 Å². The van der Waals surface area contributed by atoms with E-state index in [9.17, 15) is 19.7 Å². The van der Waals surface area contributed by atoms with E-state index in [2.05, 4.69) is 26.0 Å². The Hall–Kier alpha value is -2.78. The molecule has 1 amide bonds. The Labute approximate surface area is 175 Å². The van der Waals surface area contributed by atoms with Gasteiger partial charge in [0.15, 0.2) is 0 Å². The second-order valence-corrected chi connectivity index (χ2v) is 7.59. The number of halogens is 1. The van der Waals surface area contributed by atoms with E-state index >= 15 is 0 Å². The lowest BCUT2D eigenvalue weighted by molar-refractivity contribution is -0.384. The molecule has 0 radical (unpaired) electrons. The van der Waals surface area contributed by atoms with Crippen LogP contribution in [-0.4, -0.2) is 37.1 Å². The number of nitrogens with zero attached hydrogens (tertiary/aromatic N) is 1. The molecule has 1 aliphatic heterocycles. The molecule has 0 aromatic heterocycles. The molecule has 1 fully saturated rings. The standard InChI is InChI=1S/C20H19BrN2O6/c1-28-19(25)14-9-13(10-17(11-14)23(26)27)18(24)22-20(5-7-29-8-6-20)15-3-2-4-16(21)12-15/h2-4,9-12H,5-8H2,1H3,(H,22,24). The Kier molecular flexibility index (Phi) is 6.29. The summed E-state index contributed by atoms with van der Waals surface area (Å²) >= 11 is 3.45. The van der Waals surface area contributed by atoms with Crippen molar-refractivity contribution in [2.75, 3.05) is 20.3 Å². The minimum Gasteiger partial charge on any atom is -0.465 e. The number of nitro benzene ring substituents is 1. The van der Waals surface area contributed by atoms with Gasteiger partial charge in [0.05, 0.1) is 23.1 Å². The van der Waals surface area contributed by atoms with Crippen molar-refractivity contribution >= 4 is 33.5 Å². The number of ether oxygens (including phenoxy) is 2. The first kappa shape index (κ1) is 20.9. The lowest BCUT2D eigenvalue weighted by Gasteiger charge is -2.38. The van der Waals surface area contributed by atoms with Crippen LogP contribution < -0.4 is 5.32 Å². The largest absolute Gasteiger partial charge is 0.465 e. The average molecular weight is 463 g/mol. The Morgan fingerprint density at radius 2 is 1.86 bits per heavy atom. The number of rotatable bonds is 5. The molecular weight excluding hydrogens is 444 g/mol. The van der Waals surface area contributed by atoms with Crippen LogP contribution in [0.3, 0.4) is 0 Å². The number of nitro groups is 1. The molecule has 29 heavy (non-hydrogen) atoms. The van der Waals surface area contributed by atoms with Crippen molar-refractivity contribution in [3.63, 3.8) is 0 Å². The Balaban J connectivity index is 1.99. The van der Waals surface area contributed by atoms with E-state index < -0.39 is 22.3 Å². The molecule has 3 rings (SSSR count). The zero-order valence-electron chi connectivity index (χ0n) is 15.6. The van der Waals surface area contributed by atoms with Gasteiger partial charge in [-0.2, -0.15) is 0 Å². The fourth-order valence-corrected chi connectivity index (χ4v) is 3.76. The minimum absolute atomic E-state index is 0.0143. The van der Waals surface area contributed by atoms with E-state index in [1.54, 1.807) is 0 Å². The quantitative estimate of drug-likeness (QED) is 0.413. The van der Waals surface area contributed by atoms with Crippen LogP contribution >= 0.6 is 15.9 Å². The van der Waals surface area contributed by atoms with Gasteiger partial charge in [-0.1, -0.05) is 28.1 Å². The maximum Gasteiger partial charge on any atom is 0.338 e. The maximum absolute atomic E-state index is 13.1. The fourth-order valence-electron chi connectivity index (χ4n) is 3.36. The van der Waals surface area contributed by atoms with Crippen molar-refractivity contribution in [3.05, 3.63) is 73.7 Å². The summed E-state index contributed by atoms with van der Waals surface area (Å²) in [6, 6.07) is 11.1. The summed E-state index contributed by atoms with van der Waals surface area (Å²) in [5.74, 6) is -1.27. The number of carbonyl (C=O) groups excluding carboxylic acids is 2. The molecule has 0 bridgehead atoms. The Morgan fingerprint density at radius 3 is 2.48 bits per heavy atom. The SMILES string of the molecule is COC(=O)c1cc(C(=O)NC2(c3cccc(Br)c3)CCOCC2)cc([N+](=O)[O-])c1. The Bertz CT molecular complexity index is 956. The third-order valence-electron chi connectivity index (χ3n) is 4.89. The average Bonchev–Trinajstić information content (AvgIpc) is 2.73. The smallest absolute Gasteiger partial charge is 0.338 e. The van der Waals surface area contributed by atoms with Gasteiger partial charge in [0.2, 0.25) is 0 Å². The maximum atomic E-state index is 13.1. The lowest BCUT2D eigenvalue weighted by atomic mass is 9.82. The summed E-state index contributed by atoms with van der Waals surface area (Å²) in [5, 5.41) is 14.3. The van der Waals surface area contributed by atoms with Crippen molar-refractivity contribution < 1.29 is 24.0 Å². The number of carbonyl (C=O) groups is 2. The molecule has 0 aliphatic carbocycles. The Morgan fingerprint density at radius 1 is 1.17 bits per heavy atom. The lowest BCUT2D eigenvalue weighted by Crippen LogP contribution is -2.49. The van der Waals surface area contributed by atoms with E-state index in [1.165, 1.54) is 13.2 Å². The second kappa shape index (κ2) is 8.71. The molecule has 0 saturated carbocycles. The van der Waals surface area contributed by atoms with Gasteiger partial charge in [0, 0.05) is 35.4 Å². The molecule has 0 unspecified atom stereocenters. The van der Waals surface area contributed by atoms with Gasteiger partial charge in [0.25, 0.3) is 11.6 Å². The highest BCUT2D eigenvalue weighted by Gasteiger charge is 2.36. The highest BCUT2D eigenvalue weighted by molar-refractivity contribution is 9.10. The molecule has 1 heterocycles. The molecule has 152 valence electrons. The molecule has 0 spiro atoms. The van der Waals surface area contributed by atoms with E-state index in [-0.39, 0.29) is 16.8 Å². The van der Waals surface area contributed by atoms with Crippen LogP contribution in [-0.2, 0) is 15.0 Å². The summed E-state index contributed by atoms with van der Waals surface area (Å²) in [6.45, 7) is 0.935. The summed E-state index contributed by atoms with van der Waals surface area (Å²) in [6.07, 6.45) is 1.10. The third kappa shape index (κ3) is 4.63. The first-order valence-corrected chi connectivity index (χ1v) is 9.68. The summed E-state index contributed by atoms with van der Waals surface area (Å²) in [4.78, 5) is 35.6. The molecular formula is C20H19BrN2O6. The van der Waals surface area contributed by atoms with Crippen molar-refractivity contribution in [3.8, 4) is 0 Å². The van der Waals surface area contributed by atoms with E-state index in [0.717, 1.165) is 22.2 Å². The number of methoxy groups -OCH3 is 1. The zero-order valence-corrected chi connectivity index (χ0v) is 17.2. The van der Waals surface area contributed by atoms with Gasteiger partial charge in [0.1, 0.15) is 0 Å². The topological polar surface area (TPSA) is 108 Å². The van der Waals surface area contributed by atoms with Crippen molar-refractivity contribution in [1.29, 1.82) is 0 Å². The zero-order chi connectivity index (χ0) is 21.0. The van der Waals surface area contributed by atoms with Crippen LogP contribution in [0.5, 0.6) is 0 Å². The molecule has 2 aromatic carbocycles. The molecule has 1 aliphatic rings. The van der Waals surface area contributed by atoms with E-state index in [0.29, 0.717) is 26.1 Å². The van der Waals surface area contributed by atoms with Crippen LogP contribution in [0.15, 0.2) is 46.9 Å². The fraction of sp³-hybridized carbons (Fsp3) is 0.300. The highest BCUT2D eigenvalue weighted by Crippen LogP contribution is 2.34. The molecule has 2 aromatic rings. The summed E-state index contributed by atoms with van der Waals surface area (Å²) in [5.41, 5.74) is -0.186. The third-order valence-corrected chi connectivity index (χ3v) is 5.38. The molecule has 1 N–H and O–H groups in total. The normalized spacial score (nSPS) is 15.4. The van der Waals surface area contributed by atoms with Gasteiger partial charge in [-0.05, 0) is 36.6 Å². The number of esters is 1.